The number of ether oxygens (including phenoxy) is 3. The van der Waals surface area contributed by atoms with Gasteiger partial charge < -0.3 is 40.2 Å². The first-order valence-corrected chi connectivity index (χ1v) is 14.8. The number of anilines is 2. The van der Waals surface area contributed by atoms with Crippen LogP contribution in [0.15, 0.2) is 121 Å². The summed E-state index contributed by atoms with van der Waals surface area (Å²) in [7, 11) is 0. The van der Waals surface area contributed by atoms with Gasteiger partial charge in [0.15, 0.2) is 0 Å². The lowest BCUT2D eigenvalue weighted by Crippen LogP contribution is -2.18. The molecule has 0 saturated carbocycles. The minimum absolute atomic E-state index is 0.0868. The molecule has 0 aliphatic heterocycles. The molecule has 252 valence electrons. The summed E-state index contributed by atoms with van der Waals surface area (Å²) in [5.74, 6) is -2.67. The Morgan fingerprint density at radius 1 is 0.560 bits per heavy atom. The maximum Gasteiger partial charge on any atom is 0.336 e. The van der Waals surface area contributed by atoms with Crippen LogP contribution in [0.2, 0.25) is 0 Å². The van der Waals surface area contributed by atoms with Gasteiger partial charge in [-0.2, -0.15) is 0 Å². The van der Waals surface area contributed by atoms with E-state index in [-0.39, 0.29) is 47.0 Å². The van der Waals surface area contributed by atoms with Gasteiger partial charge >= 0.3 is 11.9 Å². The highest BCUT2D eigenvalue weighted by Crippen LogP contribution is 2.23. The van der Waals surface area contributed by atoms with Gasteiger partial charge in [0, 0.05) is 11.4 Å². The number of terminal acetylenes is 1. The molecule has 0 aliphatic rings. The molecule has 0 spiro atoms. The fourth-order valence-electron chi connectivity index (χ4n) is 4.32. The number of carboxylic acids is 2. The summed E-state index contributed by atoms with van der Waals surface area (Å²) in [5, 5.41) is 33.0. The maximum atomic E-state index is 12.9. The molecule has 5 rings (SSSR count). The molecule has 12 heteroatoms. The summed E-state index contributed by atoms with van der Waals surface area (Å²) >= 11 is 0. The molecule has 12 nitrogen and oxygen atoms in total. The van der Waals surface area contributed by atoms with Crippen LogP contribution in [-0.4, -0.2) is 52.3 Å². The molecule has 0 aliphatic carbocycles. The van der Waals surface area contributed by atoms with Gasteiger partial charge in [-0.25, -0.2) is 9.59 Å². The molecule has 0 radical (unpaired) electrons. The van der Waals surface area contributed by atoms with Gasteiger partial charge in [0.25, 0.3) is 11.8 Å². The van der Waals surface area contributed by atoms with Crippen molar-refractivity contribution in [3.05, 3.63) is 144 Å². The largest absolute Gasteiger partial charge is 0.508 e. The summed E-state index contributed by atoms with van der Waals surface area (Å²) in [6.07, 6.45) is 6.99. The Labute approximate surface area is 286 Å². The number of aromatic carboxylic acids is 2. The second-order valence-electron chi connectivity index (χ2n) is 10.1. The fraction of sp³-hybridized carbons (Fsp3) is 0.0526. The van der Waals surface area contributed by atoms with E-state index < -0.39 is 23.8 Å². The Balaban J connectivity index is 0.000000714. The number of rotatable bonds is 12. The van der Waals surface area contributed by atoms with Crippen molar-refractivity contribution >= 4 is 35.1 Å². The van der Waals surface area contributed by atoms with Crippen molar-refractivity contribution < 1.29 is 48.7 Å². The normalized spacial score (nSPS) is 9.90. The number of hydrogen-bond donors (Lipinski definition) is 5. The summed E-state index contributed by atoms with van der Waals surface area (Å²) in [6, 6.07) is 31.7. The van der Waals surface area contributed by atoms with Crippen molar-refractivity contribution in [3.8, 4) is 35.5 Å². The summed E-state index contributed by atoms with van der Waals surface area (Å²) in [5.41, 5.74) is -0.133. The van der Waals surface area contributed by atoms with E-state index in [0.29, 0.717) is 22.9 Å². The van der Waals surface area contributed by atoms with Gasteiger partial charge in [-0.3, -0.25) is 9.59 Å². The summed E-state index contributed by atoms with van der Waals surface area (Å²) in [6.45, 7) is 0.394. The lowest BCUT2D eigenvalue weighted by Gasteiger charge is -2.12. The molecule has 0 unspecified atom stereocenters. The Bertz CT molecular complexity index is 1990. The van der Waals surface area contributed by atoms with Crippen LogP contribution in [0.25, 0.3) is 0 Å². The zero-order valence-electron chi connectivity index (χ0n) is 26.2. The zero-order chi connectivity index (χ0) is 35.9. The van der Waals surface area contributed by atoms with E-state index in [9.17, 15) is 29.4 Å². The van der Waals surface area contributed by atoms with Crippen LogP contribution in [0.1, 0.15) is 41.4 Å². The number of benzene rings is 5. The van der Waals surface area contributed by atoms with Crippen molar-refractivity contribution in [1.82, 2.24) is 0 Å². The van der Waals surface area contributed by atoms with Crippen molar-refractivity contribution in [2.75, 3.05) is 23.8 Å². The molecular weight excluding hydrogens is 644 g/mol. The molecule has 50 heavy (non-hydrogen) atoms. The van der Waals surface area contributed by atoms with E-state index >= 15 is 0 Å². The van der Waals surface area contributed by atoms with Crippen molar-refractivity contribution in [2.24, 2.45) is 0 Å². The van der Waals surface area contributed by atoms with Gasteiger partial charge in [0.05, 0.1) is 22.3 Å². The first kappa shape index (κ1) is 35.6. The number of aromatic hydroxyl groups is 1. The average molecular weight is 675 g/mol. The average Bonchev–Trinajstić information content (AvgIpc) is 3.12. The number of para-hydroxylation sites is 2. The van der Waals surface area contributed by atoms with Crippen LogP contribution >= 0.6 is 0 Å². The Hall–Kier alpha value is -7.26. The van der Waals surface area contributed by atoms with Crippen LogP contribution in [0, 0.1) is 12.5 Å². The molecule has 0 heterocycles. The Morgan fingerprint density at radius 2 is 1.00 bits per heavy atom. The molecular formula is C38H30N2O10. The van der Waals surface area contributed by atoms with E-state index in [1.54, 1.807) is 36.4 Å². The first-order chi connectivity index (χ1) is 24.1. The monoisotopic (exact) mass is 674 g/mol. The number of nitrogens with one attached hydrogen (secondary N) is 2. The van der Waals surface area contributed by atoms with E-state index in [2.05, 4.69) is 10.6 Å². The molecule has 0 aromatic heterocycles. The first-order valence-electron chi connectivity index (χ1n) is 14.8. The number of carboxylic acid groups (broad SMARTS) is 2. The topological polar surface area (TPSA) is 181 Å². The molecule has 5 aromatic rings. The highest BCUT2D eigenvalue weighted by molar-refractivity contribution is 6.12. The predicted octanol–water partition coefficient (Wildman–Crippen LogP) is 6.41. The second kappa shape index (κ2) is 17.6. The Morgan fingerprint density at radius 3 is 1.44 bits per heavy atom. The standard InChI is InChI=1S/C32H24N2O9.C6H6O/c1-2-41-23-12-14-25(27(18-23)31(37)38)29(35)33-20-8-10-21(11-9-20)34-30(36)26-15-13-24(19-28(26)32(39)40)43-17-16-42-22-6-4-3-5-7-22;7-6-4-2-1-3-5-6/h1,3-15,18-19H,16-17H2,(H,33,35)(H,34,36)(H,37,38)(H,39,40);1-5,7H. The minimum atomic E-state index is -1.34. The molecule has 5 N–H and O–H groups in total. The molecule has 0 atom stereocenters. The highest BCUT2D eigenvalue weighted by atomic mass is 16.5. The van der Waals surface area contributed by atoms with Crippen molar-refractivity contribution in [2.45, 2.75) is 0 Å². The number of phenolic OH excluding ortho intramolecular Hbond substituents is 1. The smallest absolute Gasteiger partial charge is 0.336 e. The number of phenols is 1. The second-order valence-corrected chi connectivity index (χ2v) is 10.1. The van der Waals surface area contributed by atoms with Gasteiger partial charge in [0.1, 0.15) is 42.3 Å². The summed E-state index contributed by atoms with van der Waals surface area (Å²) in [4.78, 5) is 49.1. The number of amides is 2. The summed E-state index contributed by atoms with van der Waals surface area (Å²) < 4.78 is 16.0. The number of carbonyl (C=O) groups excluding carboxylic acids is 2. The van der Waals surface area contributed by atoms with Crippen LogP contribution in [-0.2, 0) is 0 Å². The highest BCUT2D eigenvalue weighted by Gasteiger charge is 2.20. The molecule has 0 bridgehead atoms. The lowest BCUT2D eigenvalue weighted by molar-refractivity contribution is 0.0683. The SMILES string of the molecule is C#COc1ccc(C(=O)Nc2ccc(NC(=O)c3ccc(OCCOc4ccccc4)cc3C(=O)O)cc2)c(C(=O)O)c1.Oc1ccccc1. The van der Waals surface area contributed by atoms with E-state index in [0.717, 1.165) is 6.07 Å². The third-order valence-corrected chi connectivity index (χ3v) is 6.63. The van der Waals surface area contributed by atoms with Gasteiger partial charge in [-0.05, 0) is 84.9 Å². The van der Waals surface area contributed by atoms with E-state index in [4.69, 9.17) is 25.7 Å². The predicted molar refractivity (Wildman–Crippen MR) is 184 cm³/mol. The maximum absolute atomic E-state index is 12.9. The van der Waals surface area contributed by atoms with Gasteiger partial charge in [0.2, 0.25) is 0 Å². The van der Waals surface area contributed by atoms with E-state index in [1.165, 1.54) is 54.6 Å². The minimum Gasteiger partial charge on any atom is -0.508 e. The molecule has 5 aromatic carbocycles. The quantitative estimate of drug-likeness (QED) is 0.0733. The molecule has 0 fully saturated rings. The zero-order valence-corrected chi connectivity index (χ0v) is 26.2. The van der Waals surface area contributed by atoms with Crippen LogP contribution in [0.3, 0.4) is 0 Å². The van der Waals surface area contributed by atoms with Crippen LogP contribution < -0.4 is 24.8 Å². The van der Waals surface area contributed by atoms with Gasteiger partial charge in [-0.15, -0.1) is 0 Å². The van der Waals surface area contributed by atoms with Gasteiger partial charge in [-0.1, -0.05) is 42.8 Å². The number of carbonyl (C=O) groups is 4. The third-order valence-electron chi connectivity index (χ3n) is 6.63. The lowest BCUT2D eigenvalue weighted by atomic mass is 10.1. The third kappa shape index (κ3) is 10.4. The van der Waals surface area contributed by atoms with Crippen molar-refractivity contribution in [3.63, 3.8) is 0 Å². The number of hydrogen-bond acceptors (Lipinski definition) is 8. The van der Waals surface area contributed by atoms with E-state index in [1.807, 2.05) is 30.4 Å². The molecule has 2 amide bonds. The van der Waals surface area contributed by atoms with Crippen molar-refractivity contribution in [1.29, 1.82) is 0 Å². The molecule has 0 saturated heterocycles. The fourth-order valence-corrected chi connectivity index (χ4v) is 4.32. The Kier molecular flexibility index (Phi) is 12.5. The van der Waals surface area contributed by atoms with Crippen LogP contribution in [0.4, 0.5) is 11.4 Å². The van der Waals surface area contributed by atoms with Crippen LogP contribution in [0.5, 0.6) is 23.0 Å².